The molecule has 0 saturated carbocycles. The molecule has 3 aromatic carbocycles. The predicted octanol–water partition coefficient (Wildman–Crippen LogP) is 3.64. The molecule has 6 heteroatoms. The number of rotatable bonds is 4. The Bertz CT molecular complexity index is 1260. The molecule has 27 heavy (non-hydrogen) atoms. The van der Waals surface area contributed by atoms with E-state index in [2.05, 4.69) is 0 Å². The van der Waals surface area contributed by atoms with E-state index in [1.54, 1.807) is 66.9 Å². The lowest BCUT2D eigenvalue weighted by atomic mass is 10.0. The van der Waals surface area contributed by atoms with Crippen molar-refractivity contribution in [3.05, 3.63) is 90.6 Å². The van der Waals surface area contributed by atoms with Gasteiger partial charge in [-0.3, -0.25) is 4.79 Å². The Balaban J connectivity index is 1.98. The molecule has 0 unspecified atom stereocenters. The Kier molecular flexibility index (Phi) is 4.05. The van der Waals surface area contributed by atoms with Crippen LogP contribution in [0.4, 0.5) is 0 Å². The van der Waals surface area contributed by atoms with Gasteiger partial charge in [0.25, 0.3) is 10.0 Å². The molecule has 4 aromatic rings. The van der Waals surface area contributed by atoms with Crippen LogP contribution in [0.1, 0.15) is 10.4 Å². The number of primary amides is 1. The standard InChI is InChI=1S/C21H16N2O3S/c22-21(24)16-8-6-7-15(13-16)19-14-23(20-12-5-4-11-18(19)20)27(25,26)17-9-2-1-3-10-17/h1-14H,(H2,22,24). The van der Waals surface area contributed by atoms with Crippen LogP contribution < -0.4 is 5.73 Å². The van der Waals surface area contributed by atoms with Crippen LogP contribution in [0, 0.1) is 0 Å². The number of para-hydroxylation sites is 1. The molecule has 0 fully saturated rings. The van der Waals surface area contributed by atoms with Crippen LogP contribution in [0.2, 0.25) is 0 Å². The fourth-order valence-electron chi connectivity index (χ4n) is 3.12. The van der Waals surface area contributed by atoms with Crippen molar-refractivity contribution in [1.82, 2.24) is 3.97 Å². The summed E-state index contributed by atoms with van der Waals surface area (Å²) in [6.45, 7) is 0. The number of hydrogen-bond donors (Lipinski definition) is 1. The number of nitrogens with two attached hydrogens (primary N) is 1. The Morgan fingerprint density at radius 3 is 2.30 bits per heavy atom. The molecule has 0 aliphatic carbocycles. The van der Waals surface area contributed by atoms with Gasteiger partial charge in [-0.15, -0.1) is 0 Å². The van der Waals surface area contributed by atoms with Crippen LogP contribution in [0.25, 0.3) is 22.0 Å². The molecule has 1 aromatic heterocycles. The second-order valence-corrected chi connectivity index (χ2v) is 7.93. The largest absolute Gasteiger partial charge is 0.366 e. The van der Waals surface area contributed by atoms with Gasteiger partial charge >= 0.3 is 0 Å². The van der Waals surface area contributed by atoms with Crippen molar-refractivity contribution in [2.45, 2.75) is 4.90 Å². The molecule has 0 spiro atoms. The van der Waals surface area contributed by atoms with Gasteiger partial charge in [-0.1, -0.05) is 48.5 Å². The molecule has 0 saturated heterocycles. The maximum atomic E-state index is 13.2. The summed E-state index contributed by atoms with van der Waals surface area (Å²) < 4.78 is 27.6. The van der Waals surface area contributed by atoms with E-state index in [1.165, 1.54) is 3.97 Å². The number of carbonyl (C=O) groups excluding carboxylic acids is 1. The van der Waals surface area contributed by atoms with Crippen molar-refractivity contribution < 1.29 is 13.2 Å². The van der Waals surface area contributed by atoms with Gasteiger partial charge in [-0.25, -0.2) is 12.4 Å². The average Bonchev–Trinajstić information content (AvgIpc) is 3.09. The second-order valence-electron chi connectivity index (χ2n) is 6.12. The van der Waals surface area contributed by atoms with E-state index >= 15 is 0 Å². The van der Waals surface area contributed by atoms with E-state index in [4.69, 9.17) is 5.73 Å². The number of carbonyl (C=O) groups is 1. The SMILES string of the molecule is NC(=O)c1cccc(-c2cn(S(=O)(=O)c3ccccc3)c3ccccc23)c1. The minimum Gasteiger partial charge on any atom is -0.366 e. The van der Waals surface area contributed by atoms with Gasteiger partial charge in [-0.2, -0.15) is 0 Å². The van der Waals surface area contributed by atoms with Crippen molar-refractivity contribution in [1.29, 1.82) is 0 Å². The van der Waals surface area contributed by atoms with E-state index in [0.29, 0.717) is 16.6 Å². The number of aromatic nitrogens is 1. The summed E-state index contributed by atoms with van der Waals surface area (Å²) in [5.74, 6) is -0.530. The minimum atomic E-state index is -3.75. The smallest absolute Gasteiger partial charge is 0.268 e. The molecule has 1 amide bonds. The van der Waals surface area contributed by atoms with Crippen molar-refractivity contribution in [3.8, 4) is 11.1 Å². The molecule has 5 nitrogen and oxygen atoms in total. The first-order valence-corrected chi connectivity index (χ1v) is 9.73. The van der Waals surface area contributed by atoms with Crippen LogP contribution in [0.15, 0.2) is 90.0 Å². The molecule has 0 radical (unpaired) electrons. The first kappa shape index (κ1) is 17.1. The third kappa shape index (κ3) is 2.90. The van der Waals surface area contributed by atoms with Gasteiger partial charge in [0.1, 0.15) is 0 Å². The summed E-state index contributed by atoms with van der Waals surface area (Å²) in [5.41, 5.74) is 7.77. The fraction of sp³-hybridized carbons (Fsp3) is 0. The number of benzene rings is 3. The van der Waals surface area contributed by atoms with Crippen LogP contribution in [0.3, 0.4) is 0 Å². The highest BCUT2D eigenvalue weighted by atomic mass is 32.2. The maximum absolute atomic E-state index is 13.2. The third-order valence-corrected chi connectivity index (χ3v) is 6.12. The third-order valence-electron chi connectivity index (χ3n) is 4.44. The summed E-state index contributed by atoms with van der Waals surface area (Å²) in [6, 6.07) is 22.4. The zero-order valence-corrected chi connectivity index (χ0v) is 15.1. The molecule has 134 valence electrons. The van der Waals surface area contributed by atoms with Crippen molar-refractivity contribution >= 4 is 26.8 Å². The highest BCUT2D eigenvalue weighted by molar-refractivity contribution is 7.90. The van der Waals surface area contributed by atoms with E-state index in [9.17, 15) is 13.2 Å². The summed E-state index contributed by atoms with van der Waals surface area (Å²) in [7, 11) is -3.75. The number of amides is 1. The number of hydrogen-bond acceptors (Lipinski definition) is 3. The Labute approximate surface area is 156 Å². The van der Waals surface area contributed by atoms with Crippen LogP contribution >= 0.6 is 0 Å². The lowest BCUT2D eigenvalue weighted by Crippen LogP contribution is -2.11. The van der Waals surface area contributed by atoms with E-state index in [0.717, 1.165) is 10.9 Å². The van der Waals surface area contributed by atoms with Crippen LogP contribution in [-0.2, 0) is 10.0 Å². The number of nitrogens with zero attached hydrogens (tertiary/aromatic N) is 1. The van der Waals surface area contributed by atoms with Crippen molar-refractivity contribution in [2.24, 2.45) is 5.73 Å². The maximum Gasteiger partial charge on any atom is 0.268 e. The van der Waals surface area contributed by atoms with Crippen LogP contribution in [-0.4, -0.2) is 18.3 Å². The summed E-state index contributed by atoms with van der Waals surface area (Å²) >= 11 is 0. The monoisotopic (exact) mass is 376 g/mol. The molecule has 0 aliphatic rings. The van der Waals surface area contributed by atoms with E-state index < -0.39 is 15.9 Å². The second kappa shape index (κ2) is 6.41. The molecule has 0 aliphatic heterocycles. The first-order valence-electron chi connectivity index (χ1n) is 8.29. The number of fused-ring (bicyclic) bond motifs is 1. The summed E-state index contributed by atoms with van der Waals surface area (Å²) in [6.07, 6.45) is 1.59. The normalized spacial score (nSPS) is 11.6. The molecule has 2 N–H and O–H groups in total. The molecule has 4 rings (SSSR count). The van der Waals surface area contributed by atoms with Crippen molar-refractivity contribution in [2.75, 3.05) is 0 Å². The lowest BCUT2D eigenvalue weighted by molar-refractivity contribution is 0.100. The average molecular weight is 376 g/mol. The lowest BCUT2D eigenvalue weighted by Gasteiger charge is -2.07. The predicted molar refractivity (Wildman–Crippen MR) is 105 cm³/mol. The van der Waals surface area contributed by atoms with Gasteiger partial charge < -0.3 is 5.73 Å². The summed E-state index contributed by atoms with van der Waals surface area (Å²) in [5, 5.41) is 0.777. The molecular weight excluding hydrogens is 360 g/mol. The van der Waals surface area contributed by atoms with Crippen LogP contribution in [0.5, 0.6) is 0 Å². The summed E-state index contributed by atoms with van der Waals surface area (Å²) in [4.78, 5) is 11.7. The first-order chi connectivity index (χ1) is 13.0. The zero-order valence-electron chi connectivity index (χ0n) is 14.2. The molecular formula is C21H16N2O3S. The van der Waals surface area contributed by atoms with E-state index in [1.807, 2.05) is 18.2 Å². The van der Waals surface area contributed by atoms with Crippen molar-refractivity contribution in [3.63, 3.8) is 0 Å². The highest BCUT2D eigenvalue weighted by Crippen LogP contribution is 2.33. The minimum absolute atomic E-state index is 0.211. The Morgan fingerprint density at radius 1 is 0.852 bits per heavy atom. The molecule has 1 heterocycles. The topological polar surface area (TPSA) is 82.2 Å². The van der Waals surface area contributed by atoms with E-state index in [-0.39, 0.29) is 4.90 Å². The van der Waals surface area contributed by atoms with Gasteiger partial charge in [0, 0.05) is 22.7 Å². The molecule has 0 bridgehead atoms. The van der Waals surface area contributed by atoms with Gasteiger partial charge in [-0.05, 0) is 35.9 Å². The van der Waals surface area contributed by atoms with Gasteiger partial charge in [0.05, 0.1) is 10.4 Å². The quantitative estimate of drug-likeness (QED) is 0.590. The van der Waals surface area contributed by atoms with Gasteiger partial charge in [0.2, 0.25) is 5.91 Å². The Hall–Kier alpha value is -3.38. The molecule has 0 atom stereocenters. The highest BCUT2D eigenvalue weighted by Gasteiger charge is 2.21. The zero-order chi connectivity index (χ0) is 19.0. The van der Waals surface area contributed by atoms with Gasteiger partial charge in [0.15, 0.2) is 0 Å². The fourth-order valence-corrected chi connectivity index (χ4v) is 4.52. The Morgan fingerprint density at radius 2 is 1.56 bits per heavy atom.